The Kier molecular flexibility index (Phi) is 2.63. The first-order chi connectivity index (χ1) is 4.75. The maximum Gasteiger partial charge on any atom is 0.117 e. The van der Waals surface area contributed by atoms with Gasteiger partial charge in [-0.25, -0.2) is 4.39 Å². The van der Waals surface area contributed by atoms with Gasteiger partial charge in [-0.2, -0.15) is 0 Å². The summed E-state index contributed by atoms with van der Waals surface area (Å²) in [5.41, 5.74) is 0.413. The average Bonchev–Trinajstić information content (AvgIpc) is 1.95. The van der Waals surface area contributed by atoms with E-state index in [0.29, 0.717) is 15.1 Å². The Bertz CT molecular complexity index is 241. The largest absolute Gasteiger partial charge is 0.263 e. The summed E-state index contributed by atoms with van der Waals surface area (Å²) < 4.78 is 12.6. The van der Waals surface area contributed by atoms with Crippen LogP contribution in [0.15, 0.2) is 16.9 Å². The fourth-order valence-corrected chi connectivity index (χ4v) is 1.07. The molecule has 0 radical (unpaired) electrons. The molecule has 0 aliphatic heterocycles. The van der Waals surface area contributed by atoms with Crippen molar-refractivity contribution in [1.29, 1.82) is 0 Å². The third-order valence-electron chi connectivity index (χ3n) is 1.05. The maximum atomic E-state index is 12.0. The molecular weight excluding hydrogens is 220 g/mol. The Morgan fingerprint density at radius 2 is 2.30 bits per heavy atom. The average molecular weight is 224 g/mol. The molecule has 54 valence electrons. The SMILES string of the molecule is FCc1cncc(Br)c1Cl. The van der Waals surface area contributed by atoms with Crippen LogP contribution in [0.2, 0.25) is 5.02 Å². The van der Waals surface area contributed by atoms with Gasteiger partial charge in [-0.05, 0) is 15.9 Å². The molecule has 0 saturated heterocycles. The van der Waals surface area contributed by atoms with Crippen molar-refractivity contribution in [2.75, 3.05) is 0 Å². The molecule has 1 rings (SSSR count). The molecule has 1 nitrogen and oxygen atoms in total. The Hall–Kier alpha value is -0.150. The summed E-state index contributed by atoms with van der Waals surface area (Å²) in [7, 11) is 0. The molecule has 4 heteroatoms. The van der Waals surface area contributed by atoms with Gasteiger partial charge in [0.1, 0.15) is 6.67 Å². The first kappa shape index (κ1) is 7.95. The predicted octanol–water partition coefficient (Wildman–Crippen LogP) is 2.97. The minimum Gasteiger partial charge on any atom is -0.263 e. The highest BCUT2D eigenvalue weighted by Crippen LogP contribution is 2.24. The van der Waals surface area contributed by atoms with Crippen molar-refractivity contribution in [3.63, 3.8) is 0 Å². The van der Waals surface area contributed by atoms with Crippen molar-refractivity contribution in [3.05, 3.63) is 27.5 Å². The van der Waals surface area contributed by atoms with E-state index in [1.807, 2.05) is 0 Å². The third-order valence-corrected chi connectivity index (χ3v) is 2.33. The van der Waals surface area contributed by atoms with Gasteiger partial charge in [0.15, 0.2) is 0 Å². The molecule has 1 aromatic heterocycles. The van der Waals surface area contributed by atoms with Gasteiger partial charge >= 0.3 is 0 Å². The highest BCUT2D eigenvalue weighted by molar-refractivity contribution is 9.10. The molecule has 0 fully saturated rings. The molecule has 0 aliphatic rings. The van der Waals surface area contributed by atoms with Gasteiger partial charge in [0, 0.05) is 18.0 Å². The summed E-state index contributed by atoms with van der Waals surface area (Å²) in [6.07, 6.45) is 2.94. The van der Waals surface area contributed by atoms with E-state index in [-0.39, 0.29) is 0 Å². The van der Waals surface area contributed by atoms with Crippen molar-refractivity contribution in [1.82, 2.24) is 4.98 Å². The minimum absolute atomic E-state index is 0.400. The van der Waals surface area contributed by atoms with Crippen LogP contribution in [0.1, 0.15) is 5.56 Å². The lowest BCUT2D eigenvalue weighted by Gasteiger charge is -1.98. The Labute approximate surface area is 71.4 Å². The van der Waals surface area contributed by atoms with Crippen LogP contribution in [-0.4, -0.2) is 4.98 Å². The number of pyridine rings is 1. The fourth-order valence-electron chi connectivity index (χ4n) is 0.553. The van der Waals surface area contributed by atoms with Crippen molar-refractivity contribution in [2.45, 2.75) is 6.67 Å². The van der Waals surface area contributed by atoms with E-state index in [2.05, 4.69) is 20.9 Å². The molecule has 0 spiro atoms. The molecule has 1 aromatic rings. The van der Waals surface area contributed by atoms with Crippen LogP contribution in [0.25, 0.3) is 0 Å². The zero-order valence-electron chi connectivity index (χ0n) is 4.94. The van der Waals surface area contributed by atoms with E-state index in [9.17, 15) is 4.39 Å². The van der Waals surface area contributed by atoms with E-state index in [0.717, 1.165) is 0 Å². The smallest absolute Gasteiger partial charge is 0.117 e. The van der Waals surface area contributed by atoms with Crippen molar-refractivity contribution in [2.24, 2.45) is 0 Å². The topological polar surface area (TPSA) is 12.9 Å². The molecule has 0 unspecified atom stereocenters. The molecule has 0 bridgehead atoms. The lowest BCUT2D eigenvalue weighted by Crippen LogP contribution is -1.83. The van der Waals surface area contributed by atoms with E-state index >= 15 is 0 Å². The lowest BCUT2D eigenvalue weighted by molar-refractivity contribution is 0.484. The molecule has 0 aromatic carbocycles. The van der Waals surface area contributed by atoms with Gasteiger partial charge in [-0.15, -0.1) is 0 Å². The van der Waals surface area contributed by atoms with Gasteiger partial charge in [0.25, 0.3) is 0 Å². The molecule has 0 N–H and O–H groups in total. The van der Waals surface area contributed by atoms with Gasteiger partial charge in [-0.1, -0.05) is 11.6 Å². The number of hydrogen-bond acceptors (Lipinski definition) is 1. The summed E-state index contributed by atoms with van der Waals surface area (Å²) in [4.78, 5) is 3.74. The van der Waals surface area contributed by atoms with Gasteiger partial charge in [-0.3, -0.25) is 4.98 Å². The molecule has 0 amide bonds. The normalized spacial score (nSPS) is 9.90. The summed E-state index contributed by atoms with van der Waals surface area (Å²) in [5, 5.41) is 0.400. The van der Waals surface area contributed by atoms with E-state index < -0.39 is 6.67 Å². The van der Waals surface area contributed by atoms with Crippen LogP contribution in [0.3, 0.4) is 0 Å². The summed E-state index contributed by atoms with van der Waals surface area (Å²) in [6.45, 7) is -0.578. The highest BCUT2D eigenvalue weighted by Gasteiger charge is 2.02. The Balaban J connectivity index is 3.14. The maximum absolute atomic E-state index is 12.0. The zero-order valence-corrected chi connectivity index (χ0v) is 7.28. The Morgan fingerprint density at radius 3 is 2.80 bits per heavy atom. The van der Waals surface area contributed by atoms with Gasteiger partial charge < -0.3 is 0 Å². The first-order valence-corrected chi connectivity index (χ1v) is 3.76. The number of rotatable bonds is 1. The highest BCUT2D eigenvalue weighted by atomic mass is 79.9. The van der Waals surface area contributed by atoms with Crippen LogP contribution in [-0.2, 0) is 6.67 Å². The third kappa shape index (κ3) is 1.47. The van der Waals surface area contributed by atoms with Crippen molar-refractivity contribution >= 4 is 27.5 Å². The van der Waals surface area contributed by atoms with Crippen molar-refractivity contribution in [3.8, 4) is 0 Å². The Morgan fingerprint density at radius 1 is 1.60 bits per heavy atom. The number of alkyl halides is 1. The number of hydrogen-bond donors (Lipinski definition) is 0. The molecular formula is C6H4BrClFN. The van der Waals surface area contributed by atoms with Crippen LogP contribution in [0, 0.1) is 0 Å². The van der Waals surface area contributed by atoms with Gasteiger partial charge in [0.2, 0.25) is 0 Å². The second-order valence-corrected chi connectivity index (χ2v) is 2.96. The quantitative estimate of drug-likeness (QED) is 0.715. The van der Waals surface area contributed by atoms with E-state index in [4.69, 9.17) is 11.6 Å². The number of aromatic nitrogens is 1. The monoisotopic (exact) mass is 223 g/mol. The molecule has 0 atom stereocenters. The fraction of sp³-hybridized carbons (Fsp3) is 0.167. The standard InChI is InChI=1S/C6H4BrClFN/c7-5-3-10-2-4(1-9)6(5)8/h2-3H,1H2. The van der Waals surface area contributed by atoms with E-state index in [1.165, 1.54) is 12.4 Å². The number of halogens is 3. The molecule has 10 heavy (non-hydrogen) atoms. The van der Waals surface area contributed by atoms with Crippen molar-refractivity contribution < 1.29 is 4.39 Å². The van der Waals surface area contributed by atoms with Crippen LogP contribution >= 0.6 is 27.5 Å². The second-order valence-electron chi connectivity index (χ2n) is 1.73. The van der Waals surface area contributed by atoms with Gasteiger partial charge in [0.05, 0.1) is 9.50 Å². The second kappa shape index (κ2) is 3.30. The van der Waals surface area contributed by atoms with Crippen LogP contribution in [0.5, 0.6) is 0 Å². The lowest BCUT2D eigenvalue weighted by atomic mass is 10.3. The number of nitrogens with zero attached hydrogens (tertiary/aromatic N) is 1. The molecule has 0 saturated carbocycles. The summed E-state index contributed by atoms with van der Waals surface area (Å²) in [5.74, 6) is 0. The minimum atomic E-state index is -0.578. The van der Waals surface area contributed by atoms with E-state index in [1.54, 1.807) is 0 Å². The van der Waals surface area contributed by atoms with Crippen LogP contribution < -0.4 is 0 Å². The van der Waals surface area contributed by atoms with Crippen LogP contribution in [0.4, 0.5) is 4.39 Å². The zero-order chi connectivity index (χ0) is 7.56. The predicted molar refractivity (Wildman–Crippen MR) is 41.8 cm³/mol. The molecule has 0 aliphatic carbocycles. The summed E-state index contributed by atoms with van der Waals surface area (Å²) in [6, 6.07) is 0. The summed E-state index contributed by atoms with van der Waals surface area (Å²) >= 11 is 8.79. The molecule has 1 heterocycles. The first-order valence-electron chi connectivity index (χ1n) is 2.59.